The van der Waals surface area contributed by atoms with Crippen LogP contribution in [0.2, 0.25) is 0 Å². The van der Waals surface area contributed by atoms with Gasteiger partial charge in [-0.05, 0) is 24.1 Å². The number of rotatable bonds is 5. The minimum atomic E-state index is -1.35. The molecule has 5 heteroatoms. The van der Waals surface area contributed by atoms with Crippen LogP contribution in [-0.2, 0) is 5.60 Å². The first-order valence-corrected chi connectivity index (χ1v) is 9.20. The number of likely N-dealkylation sites (tertiary alicyclic amines) is 1. The third kappa shape index (κ3) is 3.37. The van der Waals surface area contributed by atoms with Crippen molar-refractivity contribution in [2.24, 2.45) is 0 Å². The maximum absolute atomic E-state index is 12.2. The monoisotopic (exact) mass is 361 g/mol. The molecule has 4 rings (SSSR count). The number of nitrogens with zero attached hydrogens (tertiary/aromatic N) is 3. The third-order valence-electron chi connectivity index (χ3n) is 5.27. The Hall–Kier alpha value is -2.60. The average Bonchev–Trinajstić information content (AvgIpc) is 3.16. The number of β-amino-alcohol motifs (C(OH)–C–C–N with tert-alkyl or cyclic N) is 1. The van der Waals surface area contributed by atoms with Crippen molar-refractivity contribution >= 4 is 0 Å². The molecule has 0 amide bonds. The fourth-order valence-corrected chi connectivity index (χ4v) is 4.01. The fraction of sp³-hybridized carbons (Fsp3) is 0.273. The van der Waals surface area contributed by atoms with Crippen molar-refractivity contribution in [1.29, 1.82) is 0 Å². The lowest BCUT2D eigenvalue weighted by atomic mass is 9.77. The van der Waals surface area contributed by atoms with Crippen LogP contribution in [0.3, 0.4) is 0 Å². The first kappa shape index (κ1) is 17.8. The van der Waals surface area contributed by atoms with E-state index in [1.807, 2.05) is 54.6 Å². The van der Waals surface area contributed by atoms with E-state index in [1.165, 1.54) is 0 Å². The van der Waals surface area contributed by atoms with Gasteiger partial charge in [-0.2, -0.15) is 0 Å². The zero-order valence-electron chi connectivity index (χ0n) is 15.0. The molecule has 0 aliphatic carbocycles. The summed E-state index contributed by atoms with van der Waals surface area (Å²) in [5.74, 6) is 0. The van der Waals surface area contributed by atoms with Crippen LogP contribution in [0.25, 0.3) is 0 Å². The summed E-state index contributed by atoms with van der Waals surface area (Å²) in [5.41, 5.74) is 1.04. The van der Waals surface area contributed by atoms with Gasteiger partial charge in [0.1, 0.15) is 5.60 Å². The van der Waals surface area contributed by atoms with Crippen LogP contribution in [0, 0.1) is 0 Å². The molecule has 1 aliphatic rings. The summed E-state index contributed by atoms with van der Waals surface area (Å²) in [6.45, 7) is 1.23. The van der Waals surface area contributed by atoms with E-state index < -0.39 is 5.60 Å². The average molecular weight is 361 g/mol. The Kier molecular flexibility index (Phi) is 4.99. The van der Waals surface area contributed by atoms with Gasteiger partial charge in [-0.15, -0.1) is 0 Å². The number of hydrogen-bond donors (Lipinski definition) is 2. The number of pyridine rings is 2. The molecule has 2 atom stereocenters. The van der Waals surface area contributed by atoms with Gasteiger partial charge in [0, 0.05) is 49.0 Å². The van der Waals surface area contributed by atoms with Crippen molar-refractivity contribution in [3.8, 4) is 0 Å². The quantitative estimate of drug-likeness (QED) is 0.731. The van der Waals surface area contributed by atoms with E-state index in [2.05, 4.69) is 14.9 Å². The summed E-state index contributed by atoms with van der Waals surface area (Å²) in [6, 6.07) is 17.0. The first-order chi connectivity index (χ1) is 13.2. The molecule has 2 aromatic heterocycles. The summed E-state index contributed by atoms with van der Waals surface area (Å²) >= 11 is 0. The van der Waals surface area contributed by atoms with Gasteiger partial charge in [-0.25, -0.2) is 0 Å². The van der Waals surface area contributed by atoms with Gasteiger partial charge < -0.3 is 10.2 Å². The second-order valence-electron chi connectivity index (χ2n) is 7.00. The summed E-state index contributed by atoms with van der Waals surface area (Å²) in [5, 5.41) is 22.4. The predicted molar refractivity (Wildman–Crippen MR) is 103 cm³/mol. The molecule has 2 unspecified atom stereocenters. The Morgan fingerprint density at radius 2 is 1.56 bits per heavy atom. The Balaban J connectivity index is 1.92. The van der Waals surface area contributed by atoms with Crippen LogP contribution in [0.5, 0.6) is 0 Å². The van der Waals surface area contributed by atoms with Crippen LogP contribution >= 0.6 is 0 Å². The Morgan fingerprint density at radius 1 is 0.926 bits per heavy atom. The zero-order chi connectivity index (χ0) is 18.7. The van der Waals surface area contributed by atoms with Crippen molar-refractivity contribution in [3.63, 3.8) is 0 Å². The molecule has 3 aromatic rings. The van der Waals surface area contributed by atoms with E-state index in [4.69, 9.17) is 0 Å². The highest BCUT2D eigenvalue weighted by atomic mass is 16.3. The van der Waals surface area contributed by atoms with E-state index >= 15 is 0 Å². The van der Waals surface area contributed by atoms with E-state index in [1.54, 1.807) is 24.8 Å². The maximum Gasteiger partial charge on any atom is 0.137 e. The summed E-state index contributed by atoms with van der Waals surface area (Å²) in [4.78, 5) is 10.6. The van der Waals surface area contributed by atoms with Gasteiger partial charge >= 0.3 is 0 Å². The molecular formula is C22H23N3O2. The summed E-state index contributed by atoms with van der Waals surface area (Å²) < 4.78 is 0. The molecule has 0 saturated carbocycles. The smallest absolute Gasteiger partial charge is 0.137 e. The fourth-order valence-electron chi connectivity index (χ4n) is 4.01. The van der Waals surface area contributed by atoms with E-state index in [9.17, 15) is 10.2 Å². The number of aromatic nitrogens is 2. The predicted octanol–water partition coefficient (Wildman–Crippen LogP) is 2.52. The lowest BCUT2D eigenvalue weighted by Gasteiger charge is -2.42. The van der Waals surface area contributed by atoms with E-state index in [-0.39, 0.29) is 12.1 Å². The molecule has 2 N–H and O–H groups in total. The zero-order valence-corrected chi connectivity index (χ0v) is 15.0. The van der Waals surface area contributed by atoms with Gasteiger partial charge in [0.25, 0.3) is 0 Å². The number of aliphatic hydroxyl groups is 2. The molecule has 0 spiro atoms. The lowest BCUT2D eigenvalue weighted by molar-refractivity contribution is -0.0189. The maximum atomic E-state index is 12.2. The second-order valence-corrected chi connectivity index (χ2v) is 7.00. The normalized spacial score (nSPS) is 19.1. The van der Waals surface area contributed by atoms with Crippen LogP contribution in [0.1, 0.15) is 29.2 Å². The van der Waals surface area contributed by atoms with Gasteiger partial charge in [0.2, 0.25) is 0 Å². The molecule has 0 radical (unpaired) electrons. The van der Waals surface area contributed by atoms with Crippen LogP contribution in [0.4, 0.5) is 0 Å². The highest BCUT2D eigenvalue weighted by molar-refractivity contribution is 5.39. The Morgan fingerprint density at radius 3 is 2.04 bits per heavy atom. The first-order valence-electron chi connectivity index (χ1n) is 9.20. The van der Waals surface area contributed by atoms with Crippen LogP contribution < -0.4 is 0 Å². The molecule has 138 valence electrons. The van der Waals surface area contributed by atoms with Crippen molar-refractivity contribution < 1.29 is 10.2 Å². The van der Waals surface area contributed by atoms with Crippen LogP contribution in [0.15, 0.2) is 79.4 Å². The Bertz CT molecular complexity index is 819. The SMILES string of the molecule is OC1CCN(C(c2ccccc2)C(O)(c2cccnc2)c2cccnc2)C1. The Labute approximate surface area is 159 Å². The topological polar surface area (TPSA) is 69.5 Å². The minimum absolute atomic E-state index is 0.371. The van der Waals surface area contributed by atoms with Crippen LogP contribution in [-0.4, -0.2) is 44.3 Å². The molecule has 0 bridgehead atoms. The molecule has 5 nitrogen and oxygen atoms in total. The standard InChI is InChI=1S/C22H23N3O2/c26-20-10-13-25(16-20)21(17-6-2-1-3-7-17)22(27,18-8-4-11-23-14-18)19-9-5-12-24-15-19/h1-9,11-12,14-15,20-21,26-27H,10,13,16H2. The summed E-state index contributed by atoms with van der Waals surface area (Å²) in [6.07, 6.45) is 7.11. The number of benzene rings is 1. The van der Waals surface area contributed by atoms with Crippen molar-refractivity contribution in [1.82, 2.24) is 14.9 Å². The van der Waals surface area contributed by atoms with Crippen molar-refractivity contribution in [3.05, 3.63) is 96.1 Å². The molecule has 1 aromatic carbocycles. The van der Waals surface area contributed by atoms with Gasteiger partial charge in [0.05, 0.1) is 12.1 Å². The lowest BCUT2D eigenvalue weighted by Crippen LogP contribution is -2.44. The van der Waals surface area contributed by atoms with E-state index in [0.717, 1.165) is 5.56 Å². The summed E-state index contributed by atoms with van der Waals surface area (Å²) in [7, 11) is 0. The van der Waals surface area contributed by atoms with E-state index in [0.29, 0.717) is 30.6 Å². The van der Waals surface area contributed by atoms with Gasteiger partial charge in [0.15, 0.2) is 0 Å². The number of aliphatic hydroxyl groups excluding tert-OH is 1. The largest absolute Gasteiger partial charge is 0.392 e. The van der Waals surface area contributed by atoms with Crippen molar-refractivity contribution in [2.45, 2.75) is 24.2 Å². The highest BCUT2D eigenvalue weighted by Gasteiger charge is 2.46. The highest BCUT2D eigenvalue weighted by Crippen LogP contribution is 2.45. The number of hydrogen-bond acceptors (Lipinski definition) is 5. The molecule has 1 fully saturated rings. The van der Waals surface area contributed by atoms with Gasteiger partial charge in [-0.1, -0.05) is 42.5 Å². The van der Waals surface area contributed by atoms with Crippen molar-refractivity contribution in [2.75, 3.05) is 13.1 Å². The molecular weight excluding hydrogens is 338 g/mol. The minimum Gasteiger partial charge on any atom is -0.392 e. The molecule has 1 aliphatic heterocycles. The molecule has 27 heavy (non-hydrogen) atoms. The molecule has 3 heterocycles. The third-order valence-corrected chi connectivity index (χ3v) is 5.27. The second kappa shape index (κ2) is 7.56. The van der Waals surface area contributed by atoms with Gasteiger partial charge in [-0.3, -0.25) is 14.9 Å². The molecule has 1 saturated heterocycles.